The van der Waals surface area contributed by atoms with Crippen LogP contribution in [0.25, 0.3) is 0 Å². The van der Waals surface area contributed by atoms with Gasteiger partial charge in [0, 0.05) is 24.5 Å². The summed E-state index contributed by atoms with van der Waals surface area (Å²) >= 11 is 0. The minimum atomic E-state index is -0.223. The Hall–Kier alpha value is -2.50. The molecule has 1 aliphatic heterocycles. The second kappa shape index (κ2) is 7.81. The molecule has 1 saturated heterocycles. The van der Waals surface area contributed by atoms with Gasteiger partial charge in [0.1, 0.15) is 5.76 Å². The number of aryl methyl sites for hydroxylation is 1. The monoisotopic (exact) mass is 358 g/mol. The molecule has 0 radical (unpaired) electrons. The Kier molecular flexibility index (Phi) is 5.49. The average molecular weight is 358 g/mol. The van der Waals surface area contributed by atoms with E-state index in [0.29, 0.717) is 31.8 Å². The first-order valence-electron chi connectivity index (χ1n) is 9.16. The number of carbonyl (C=O) groups is 2. The topological polar surface area (TPSA) is 64.7 Å². The second-order valence-corrected chi connectivity index (χ2v) is 6.79. The molecule has 1 atom stereocenters. The van der Waals surface area contributed by atoms with Gasteiger partial charge in [-0.25, -0.2) is 0 Å². The van der Waals surface area contributed by atoms with Crippen molar-refractivity contribution in [2.45, 2.75) is 40.2 Å². The molecule has 3 heterocycles. The third kappa shape index (κ3) is 3.69. The molecule has 0 aliphatic carbocycles. The maximum Gasteiger partial charge on any atom is 0.310 e. The van der Waals surface area contributed by atoms with E-state index < -0.39 is 0 Å². The zero-order valence-corrected chi connectivity index (χ0v) is 15.7. The van der Waals surface area contributed by atoms with Gasteiger partial charge in [-0.15, -0.1) is 0 Å². The summed E-state index contributed by atoms with van der Waals surface area (Å²) in [6, 6.07) is 5.71. The van der Waals surface area contributed by atoms with Gasteiger partial charge in [-0.1, -0.05) is 0 Å². The van der Waals surface area contributed by atoms with E-state index in [0.717, 1.165) is 30.0 Å². The van der Waals surface area contributed by atoms with E-state index in [1.54, 1.807) is 18.1 Å². The molecule has 3 rings (SSSR count). The molecular formula is C20H26N2O4. The fourth-order valence-electron chi connectivity index (χ4n) is 3.60. The van der Waals surface area contributed by atoms with Gasteiger partial charge in [0.25, 0.3) is 5.91 Å². The summed E-state index contributed by atoms with van der Waals surface area (Å²) in [6.07, 6.45) is 3.25. The number of furan rings is 1. The number of aromatic nitrogens is 1. The smallest absolute Gasteiger partial charge is 0.310 e. The lowest BCUT2D eigenvalue weighted by Crippen LogP contribution is -2.43. The molecule has 0 aromatic carbocycles. The summed E-state index contributed by atoms with van der Waals surface area (Å²) in [6.45, 7) is 7.83. The van der Waals surface area contributed by atoms with Gasteiger partial charge in [-0.3, -0.25) is 9.59 Å². The van der Waals surface area contributed by atoms with E-state index >= 15 is 0 Å². The SMILES string of the molecule is CCOC(=O)C1CCCN(C(=O)c2cc(C)n(Cc3ccco3)c2C)C1. The number of rotatable bonds is 5. The van der Waals surface area contributed by atoms with Crippen molar-refractivity contribution >= 4 is 11.9 Å². The molecule has 1 aliphatic rings. The van der Waals surface area contributed by atoms with Crippen molar-refractivity contribution in [3.8, 4) is 0 Å². The number of likely N-dealkylation sites (tertiary alicyclic amines) is 1. The standard InChI is InChI=1S/C20H26N2O4/c1-4-25-20(24)16-7-5-9-21(12-16)19(23)18-11-14(2)22(15(18)3)13-17-8-6-10-26-17/h6,8,10-11,16H,4-5,7,9,12-13H2,1-3H3. The van der Waals surface area contributed by atoms with Crippen LogP contribution >= 0.6 is 0 Å². The zero-order chi connectivity index (χ0) is 18.7. The minimum absolute atomic E-state index is 0.0159. The third-order valence-corrected chi connectivity index (χ3v) is 5.03. The molecule has 0 saturated carbocycles. The van der Waals surface area contributed by atoms with Crippen LogP contribution in [0.3, 0.4) is 0 Å². The first-order valence-corrected chi connectivity index (χ1v) is 9.16. The van der Waals surface area contributed by atoms with Crippen LogP contribution in [0.4, 0.5) is 0 Å². The zero-order valence-electron chi connectivity index (χ0n) is 15.7. The summed E-state index contributed by atoms with van der Waals surface area (Å²) in [4.78, 5) is 26.9. The summed E-state index contributed by atoms with van der Waals surface area (Å²) in [7, 11) is 0. The predicted molar refractivity (Wildman–Crippen MR) is 97.0 cm³/mol. The number of nitrogens with zero attached hydrogens (tertiary/aromatic N) is 2. The Morgan fingerprint density at radius 1 is 1.35 bits per heavy atom. The number of hydrogen-bond donors (Lipinski definition) is 0. The van der Waals surface area contributed by atoms with E-state index in [2.05, 4.69) is 4.57 Å². The molecule has 1 amide bonds. The van der Waals surface area contributed by atoms with E-state index in [9.17, 15) is 9.59 Å². The van der Waals surface area contributed by atoms with Crippen LogP contribution in [0.15, 0.2) is 28.9 Å². The number of amides is 1. The molecule has 1 unspecified atom stereocenters. The Bertz CT molecular complexity index is 776. The van der Waals surface area contributed by atoms with Crippen molar-refractivity contribution in [3.05, 3.63) is 47.2 Å². The maximum atomic E-state index is 13.1. The molecule has 140 valence electrons. The Balaban J connectivity index is 1.76. The van der Waals surface area contributed by atoms with Crippen LogP contribution < -0.4 is 0 Å². The van der Waals surface area contributed by atoms with Crippen molar-refractivity contribution in [3.63, 3.8) is 0 Å². The summed E-state index contributed by atoms with van der Waals surface area (Å²) < 4.78 is 12.6. The normalized spacial score (nSPS) is 17.3. The van der Waals surface area contributed by atoms with Gasteiger partial charge < -0.3 is 18.6 Å². The van der Waals surface area contributed by atoms with E-state index in [1.807, 2.05) is 32.0 Å². The van der Waals surface area contributed by atoms with Crippen LogP contribution in [0.1, 0.15) is 47.3 Å². The predicted octanol–water partition coefficient (Wildman–Crippen LogP) is 3.16. The molecule has 1 fully saturated rings. The molecular weight excluding hydrogens is 332 g/mol. The average Bonchev–Trinajstić information content (AvgIpc) is 3.25. The van der Waals surface area contributed by atoms with Crippen molar-refractivity contribution in [2.24, 2.45) is 5.92 Å². The van der Waals surface area contributed by atoms with Gasteiger partial charge in [0.15, 0.2) is 0 Å². The Morgan fingerprint density at radius 3 is 2.85 bits per heavy atom. The number of carbonyl (C=O) groups excluding carboxylic acids is 2. The molecule has 6 heteroatoms. The van der Waals surface area contributed by atoms with Gasteiger partial charge in [0.05, 0.1) is 30.9 Å². The fourth-order valence-corrected chi connectivity index (χ4v) is 3.60. The number of piperidine rings is 1. The van der Waals surface area contributed by atoms with Crippen LogP contribution in [-0.2, 0) is 16.1 Å². The molecule has 0 bridgehead atoms. The van der Waals surface area contributed by atoms with Crippen molar-refractivity contribution in [2.75, 3.05) is 19.7 Å². The molecule has 2 aromatic rings. The van der Waals surface area contributed by atoms with E-state index in [-0.39, 0.29) is 17.8 Å². The van der Waals surface area contributed by atoms with E-state index in [4.69, 9.17) is 9.15 Å². The number of ether oxygens (including phenoxy) is 1. The minimum Gasteiger partial charge on any atom is -0.467 e. The van der Waals surface area contributed by atoms with Crippen LogP contribution in [0, 0.1) is 19.8 Å². The highest BCUT2D eigenvalue weighted by molar-refractivity contribution is 5.96. The molecule has 0 N–H and O–H groups in total. The first kappa shape index (κ1) is 18.3. The molecule has 0 spiro atoms. The fraction of sp³-hybridized carbons (Fsp3) is 0.500. The number of esters is 1. The van der Waals surface area contributed by atoms with Crippen LogP contribution in [-0.4, -0.2) is 41.0 Å². The highest BCUT2D eigenvalue weighted by Gasteiger charge is 2.31. The van der Waals surface area contributed by atoms with Crippen LogP contribution in [0.5, 0.6) is 0 Å². The summed E-state index contributed by atoms with van der Waals surface area (Å²) in [5.41, 5.74) is 2.63. The Labute approximate surface area is 153 Å². The highest BCUT2D eigenvalue weighted by Crippen LogP contribution is 2.23. The van der Waals surface area contributed by atoms with Crippen molar-refractivity contribution in [1.82, 2.24) is 9.47 Å². The van der Waals surface area contributed by atoms with E-state index in [1.165, 1.54) is 0 Å². The lowest BCUT2D eigenvalue weighted by atomic mass is 9.97. The van der Waals surface area contributed by atoms with Gasteiger partial charge in [0.2, 0.25) is 0 Å². The third-order valence-electron chi connectivity index (χ3n) is 5.03. The highest BCUT2D eigenvalue weighted by atomic mass is 16.5. The molecule has 26 heavy (non-hydrogen) atoms. The van der Waals surface area contributed by atoms with Crippen molar-refractivity contribution in [1.29, 1.82) is 0 Å². The quantitative estimate of drug-likeness (QED) is 0.770. The van der Waals surface area contributed by atoms with Gasteiger partial charge >= 0.3 is 5.97 Å². The largest absolute Gasteiger partial charge is 0.467 e. The van der Waals surface area contributed by atoms with Crippen LogP contribution in [0.2, 0.25) is 0 Å². The van der Waals surface area contributed by atoms with Gasteiger partial charge in [-0.2, -0.15) is 0 Å². The maximum absolute atomic E-state index is 13.1. The van der Waals surface area contributed by atoms with Crippen molar-refractivity contribution < 1.29 is 18.7 Å². The molecule has 2 aromatic heterocycles. The Morgan fingerprint density at radius 2 is 2.15 bits per heavy atom. The second-order valence-electron chi connectivity index (χ2n) is 6.79. The first-order chi connectivity index (χ1) is 12.5. The lowest BCUT2D eigenvalue weighted by Gasteiger charge is -2.31. The summed E-state index contributed by atoms with van der Waals surface area (Å²) in [5, 5.41) is 0. The van der Waals surface area contributed by atoms with Gasteiger partial charge in [-0.05, 0) is 51.8 Å². The molecule has 6 nitrogen and oxygen atoms in total. The number of hydrogen-bond acceptors (Lipinski definition) is 4. The summed E-state index contributed by atoms with van der Waals surface area (Å²) in [5.74, 6) is 0.413. The lowest BCUT2D eigenvalue weighted by molar-refractivity contribution is -0.149.